The molecule has 0 saturated heterocycles. The minimum absolute atomic E-state index is 4.31. The second-order valence-electron chi connectivity index (χ2n) is 0.378. The first-order valence-electron chi connectivity index (χ1n) is 0.642. The van der Waals surface area contributed by atoms with E-state index in [0.29, 0.717) is 0 Å². The summed E-state index contributed by atoms with van der Waals surface area (Å²) in [7, 11) is 4.38. The molecule has 0 unspecified atom stereocenters. The molecule has 0 rings (SSSR count). The van der Waals surface area contributed by atoms with Crippen LogP contribution in [0.15, 0.2) is 0 Å². The Bertz CT molecular complexity index is 90.8. The van der Waals surface area contributed by atoms with Crippen molar-refractivity contribution in [2.45, 2.75) is 0 Å². The fourth-order valence-electron chi connectivity index (χ4n) is 0. The van der Waals surface area contributed by atoms with Crippen LogP contribution in [0, 0.1) is 0 Å². The average Bonchev–Trinajstić information content (AvgIpc) is 0.722. The second-order valence-corrected chi connectivity index (χ2v) is 7.01. The van der Waals surface area contributed by atoms with E-state index in [0.717, 1.165) is 0 Å². The van der Waals surface area contributed by atoms with E-state index in [-0.39, 0.29) is 0 Å². The zero-order valence-corrected chi connectivity index (χ0v) is 5.21. The van der Waals surface area contributed by atoms with Gasteiger partial charge in [0.2, 0.25) is 0 Å². The summed E-state index contributed by atoms with van der Waals surface area (Å²) < 4.78 is 18.5. The molecule has 0 bridgehead atoms. The zero-order valence-electron chi connectivity index (χ0n) is 1.98. The molecule has 0 amide bonds. The van der Waals surface area contributed by atoms with E-state index < -0.39 is 10.9 Å². The maximum atomic E-state index is 9.24. The first kappa shape index (κ1) is 5.70. The van der Waals surface area contributed by atoms with Crippen molar-refractivity contribution in [2.75, 3.05) is 0 Å². The number of hydrogen-bond donors (Lipinski definition) is 0. The molecule has 32 valence electrons. The summed E-state index contributed by atoms with van der Waals surface area (Å²) in [4.78, 5) is 0. The zero-order chi connectivity index (χ0) is 4.50. The minimum atomic E-state index is -4.31. The molecular weight excluding hydrogens is 182 g/mol. The number of hydrogen-bond acceptors (Lipinski definition) is 2. The van der Waals surface area contributed by atoms with Gasteiger partial charge in [0.05, 0.1) is 0 Å². The van der Waals surface area contributed by atoms with Gasteiger partial charge in [-0.3, -0.25) is 0 Å². The van der Waals surface area contributed by atoms with Crippen molar-refractivity contribution in [2.24, 2.45) is 0 Å². The molecule has 0 aromatic carbocycles. The molecule has 2 nitrogen and oxygen atoms in total. The standard InChI is InChI=1S/Cl2O2Se/c1-5(2,3)4. The van der Waals surface area contributed by atoms with Gasteiger partial charge in [-0.15, -0.1) is 0 Å². The first-order valence-corrected chi connectivity index (χ1v) is 6.54. The van der Waals surface area contributed by atoms with Gasteiger partial charge in [-0.2, -0.15) is 0 Å². The Morgan fingerprint density at radius 3 is 1.20 bits per heavy atom. The molecule has 0 aliphatic heterocycles. The molecule has 0 radical (unpaired) electrons. The molecule has 0 saturated carbocycles. The summed E-state index contributed by atoms with van der Waals surface area (Å²) in [5, 5.41) is 0. The third kappa shape index (κ3) is 70.0. The van der Waals surface area contributed by atoms with E-state index in [1.807, 2.05) is 0 Å². The molecule has 0 aromatic rings. The van der Waals surface area contributed by atoms with Crippen LogP contribution in [-0.4, -0.2) is 10.9 Å². The van der Waals surface area contributed by atoms with Crippen LogP contribution in [0.5, 0.6) is 0 Å². The van der Waals surface area contributed by atoms with Crippen LogP contribution in [-0.2, 0) is 7.67 Å². The summed E-state index contributed by atoms with van der Waals surface area (Å²) in [5.41, 5.74) is 0. The Balaban J connectivity index is 4.06. The Kier molecular flexibility index (Phi) is 1.63. The van der Waals surface area contributed by atoms with E-state index in [4.69, 9.17) is 0 Å². The summed E-state index contributed by atoms with van der Waals surface area (Å²) >= 11 is 0. The molecule has 0 spiro atoms. The van der Waals surface area contributed by atoms with Crippen molar-refractivity contribution < 1.29 is 7.67 Å². The predicted molar refractivity (Wildman–Crippen MR) is 18.8 cm³/mol. The second kappa shape index (κ2) is 1.43. The third-order valence-corrected chi connectivity index (χ3v) is 0. The topological polar surface area (TPSA) is 34.1 Å². The molecule has 0 fully saturated rings. The quantitative estimate of drug-likeness (QED) is 0.518. The van der Waals surface area contributed by atoms with Crippen molar-refractivity contribution in [3.05, 3.63) is 0 Å². The van der Waals surface area contributed by atoms with Crippen LogP contribution < -0.4 is 0 Å². The predicted octanol–water partition coefficient (Wildman–Crippen LogP) is 0.761. The number of halogens is 2. The fraction of sp³-hybridized carbons (Fsp3) is 0. The van der Waals surface area contributed by atoms with Gasteiger partial charge >= 0.3 is 38.8 Å². The summed E-state index contributed by atoms with van der Waals surface area (Å²) in [6.07, 6.45) is 0. The molecule has 0 atom stereocenters. The molecule has 0 aliphatic rings. The van der Waals surface area contributed by atoms with Crippen LogP contribution in [0.3, 0.4) is 0 Å². The van der Waals surface area contributed by atoms with Crippen molar-refractivity contribution in [1.29, 1.82) is 0 Å². The van der Waals surface area contributed by atoms with Crippen LogP contribution >= 0.6 is 20.2 Å². The van der Waals surface area contributed by atoms with Gasteiger partial charge in [-0.25, -0.2) is 0 Å². The maximum absolute atomic E-state index is 9.24. The molecule has 0 N–H and O–H groups in total. The molecule has 5 heteroatoms. The molecular formula is Cl2O2Se. The van der Waals surface area contributed by atoms with Gasteiger partial charge in [-0.05, 0) is 0 Å². The third-order valence-electron chi connectivity index (χ3n) is 0. The number of rotatable bonds is 0. The van der Waals surface area contributed by atoms with E-state index in [2.05, 4.69) is 20.2 Å². The van der Waals surface area contributed by atoms with E-state index in [1.165, 1.54) is 0 Å². The van der Waals surface area contributed by atoms with E-state index in [1.54, 1.807) is 0 Å². The van der Waals surface area contributed by atoms with E-state index in [9.17, 15) is 7.67 Å². The average molecular weight is 182 g/mol. The Hall–Kier alpha value is 0.699. The Morgan fingerprint density at radius 2 is 1.20 bits per heavy atom. The Labute approximate surface area is 39.1 Å². The Morgan fingerprint density at radius 1 is 1.20 bits per heavy atom. The van der Waals surface area contributed by atoms with E-state index >= 15 is 0 Å². The van der Waals surface area contributed by atoms with Crippen molar-refractivity contribution in [3.8, 4) is 0 Å². The normalized spacial score (nSPS) is 11.6. The van der Waals surface area contributed by atoms with Crippen LogP contribution in [0.4, 0.5) is 0 Å². The first-order chi connectivity index (χ1) is 2.00. The monoisotopic (exact) mass is 182 g/mol. The SMILES string of the molecule is O=[Se](=O)(Cl)Cl. The fourth-order valence-corrected chi connectivity index (χ4v) is 0. The van der Waals surface area contributed by atoms with Crippen molar-refractivity contribution in [3.63, 3.8) is 0 Å². The van der Waals surface area contributed by atoms with Crippen LogP contribution in [0.2, 0.25) is 0 Å². The van der Waals surface area contributed by atoms with Gasteiger partial charge in [0.15, 0.2) is 0 Å². The van der Waals surface area contributed by atoms with Gasteiger partial charge < -0.3 is 0 Å². The van der Waals surface area contributed by atoms with Crippen LogP contribution in [0.1, 0.15) is 0 Å². The van der Waals surface area contributed by atoms with Crippen molar-refractivity contribution >= 4 is 31.1 Å². The van der Waals surface area contributed by atoms with Crippen LogP contribution in [0.25, 0.3) is 0 Å². The summed E-state index contributed by atoms with van der Waals surface area (Å²) in [6.45, 7) is 0. The van der Waals surface area contributed by atoms with Gasteiger partial charge in [0.1, 0.15) is 0 Å². The molecule has 5 heavy (non-hydrogen) atoms. The molecule has 0 heterocycles. The van der Waals surface area contributed by atoms with Crippen molar-refractivity contribution in [1.82, 2.24) is 0 Å². The molecule has 0 aromatic heterocycles. The summed E-state index contributed by atoms with van der Waals surface area (Å²) in [6, 6.07) is 0. The summed E-state index contributed by atoms with van der Waals surface area (Å²) in [5.74, 6) is 0. The van der Waals surface area contributed by atoms with Gasteiger partial charge in [0.25, 0.3) is 0 Å². The molecule has 0 aliphatic carbocycles. The van der Waals surface area contributed by atoms with Gasteiger partial charge in [0, 0.05) is 0 Å². The van der Waals surface area contributed by atoms with Gasteiger partial charge in [-0.1, -0.05) is 0 Å².